The molecular formula is C13H13N3OS2. The predicted octanol–water partition coefficient (Wildman–Crippen LogP) is 2.49. The maximum atomic E-state index is 11.9. The van der Waals surface area contributed by atoms with Gasteiger partial charge in [-0.25, -0.2) is 4.98 Å². The lowest BCUT2D eigenvalue weighted by Crippen LogP contribution is -2.24. The monoisotopic (exact) mass is 291 g/mol. The fourth-order valence-electron chi connectivity index (χ4n) is 2.13. The molecule has 1 amide bonds. The van der Waals surface area contributed by atoms with Gasteiger partial charge in [0.1, 0.15) is 0 Å². The number of aromatic nitrogens is 2. The maximum absolute atomic E-state index is 11.9. The van der Waals surface area contributed by atoms with Crippen molar-refractivity contribution in [2.45, 2.75) is 6.42 Å². The molecule has 3 rings (SSSR count). The van der Waals surface area contributed by atoms with Crippen LogP contribution in [0, 0.1) is 5.92 Å². The number of carbonyl (C=O) groups is 1. The van der Waals surface area contributed by atoms with Gasteiger partial charge in [-0.05, 0) is 23.8 Å². The van der Waals surface area contributed by atoms with E-state index in [0.717, 1.165) is 28.7 Å². The van der Waals surface area contributed by atoms with E-state index in [1.54, 1.807) is 17.3 Å². The van der Waals surface area contributed by atoms with Crippen LogP contribution in [-0.2, 0) is 4.79 Å². The molecule has 1 aliphatic rings. The summed E-state index contributed by atoms with van der Waals surface area (Å²) in [6.07, 6.45) is 4.06. The van der Waals surface area contributed by atoms with Crippen molar-refractivity contribution in [1.29, 1.82) is 0 Å². The molecule has 0 N–H and O–H groups in total. The molecule has 98 valence electrons. The van der Waals surface area contributed by atoms with Crippen molar-refractivity contribution in [3.8, 4) is 11.3 Å². The van der Waals surface area contributed by atoms with E-state index in [1.165, 1.54) is 11.3 Å². The largest absolute Gasteiger partial charge is 0.288 e. The lowest BCUT2D eigenvalue weighted by molar-refractivity contribution is -0.117. The van der Waals surface area contributed by atoms with Gasteiger partial charge in [-0.2, -0.15) is 12.6 Å². The molecule has 6 heteroatoms. The number of pyridine rings is 1. The van der Waals surface area contributed by atoms with Gasteiger partial charge in [0.25, 0.3) is 0 Å². The summed E-state index contributed by atoms with van der Waals surface area (Å²) in [6, 6.07) is 3.84. The highest BCUT2D eigenvalue weighted by molar-refractivity contribution is 7.80. The number of amides is 1. The average Bonchev–Trinajstić information content (AvgIpc) is 3.06. The standard InChI is InChI=1S/C13H13N3OS2/c17-12-5-9(7-18)6-16(12)13-15-11(8-19-13)10-1-3-14-4-2-10/h1-4,8-9,18H,5-7H2. The summed E-state index contributed by atoms with van der Waals surface area (Å²) in [4.78, 5) is 22.3. The summed E-state index contributed by atoms with van der Waals surface area (Å²) in [7, 11) is 0. The van der Waals surface area contributed by atoms with E-state index in [-0.39, 0.29) is 5.91 Å². The van der Waals surface area contributed by atoms with Gasteiger partial charge in [-0.3, -0.25) is 14.7 Å². The molecule has 1 unspecified atom stereocenters. The Bertz CT molecular complexity index is 585. The molecule has 2 aromatic rings. The molecule has 1 fully saturated rings. The first-order valence-corrected chi connectivity index (χ1v) is 7.56. The number of hydrogen-bond donors (Lipinski definition) is 1. The lowest BCUT2D eigenvalue weighted by Gasteiger charge is -2.11. The molecule has 0 radical (unpaired) electrons. The number of thiol groups is 1. The zero-order chi connectivity index (χ0) is 13.2. The predicted molar refractivity (Wildman–Crippen MR) is 79.7 cm³/mol. The van der Waals surface area contributed by atoms with Crippen LogP contribution < -0.4 is 4.90 Å². The van der Waals surface area contributed by atoms with Crippen LogP contribution in [0.1, 0.15) is 6.42 Å². The van der Waals surface area contributed by atoms with Gasteiger partial charge in [0.05, 0.1) is 5.69 Å². The Labute approximate surface area is 120 Å². The number of thiazole rings is 1. The van der Waals surface area contributed by atoms with Crippen molar-refractivity contribution in [3.05, 3.63) is 29.9 Å². The Morgan fingerprint density at radius 2 is 2.21 bits per heavy atom. The number of hydrogen-bond acceptors (Lipinski definition) is 5. The minimum Gasteiger partial charge on any atom is -0.288 e. The van der Waals surface area contributed by atoms with Crippen LogP contribution in [0.25, 0.3) is 11.3 Å². The first-order chi connectivity index (χ1) is 9.28. The Kier molecular flexibility index (Phi) is 3.52. The van der Waals surface area contributed by atoms with Crippen LogP contribution in [0.5, 0.6) is 0 Å². The molecular weight excluding hydrogens is 278 g/mol. The van der Waals surface area contributed by atoms with Crippen LogP contribution in [0.4, 0.5) is 5.13 Å². The molecule has 4 nitrogen and oxygen atoms in total. The number of anilines is 1. The summed E-state index contributed by atoms with van der Waals surface area (Å²) in [5, 5.41) is 2.76. The first-order valence-electron chi connectivity index (χ1n) is 6.05. The highest BCUT2D eigenvalue weighted by Crippen LogP contribution is 2.31. The smallest absolute Gasteiger partial charge is 0.229 e. The van der Waals surface area contributed by atoms with Gasteiger partial charge in [0, 0.05) is 36.3 Å². The van der Waals surface area contributed by atoms with E-state index in [1.807, 2.05) is 17.5 Å². The van der Waals surface area contributed by atoms with Gasteiger partial charge in [-0.1, -0.05) is 0 Å². The second-order valence-corrected chi connectivity index (χ2v) is 5.71. The zero-order valence-corrected chi connectivity index (χ0v) is 11.9. The fourth-order valence-corrected chi connectivity index (χ4v) is 3.24. The third-order valence-corrected chi connectivity index (χ3v) is 4.54. The second kappa shape index (κ2) is 5.30. The SMILES string of the molecule is O=C1CC(CS)CN1c1nc(-c2ccncc2)cs1. The first kappa shape index (κ1) is 12.6. The second-order valence-electron chi connectivity index (χ2n) is 4.51. The summed E-state index contributed by atoms with van der Waals surface area (Å²) < 4.78 is 0. The van der Waals surface area contributed by atoms with Gasteiger partial charge in [0.2, 0.25) is 5.91 Å². The van der Waals surface area contributed by atoms with Crippen LogP contribution in [0.15, 0.2) is 29.9 Å². The average molecular weight is 291 g/mol. The molecule has 2 aromatic heterocycles. The minimum atomic E-state index is 0.148. The molecule has 1 saturated heterocycles. The quantitative estimate of drug-likeness (QED) is 0.884. The molecule has 0 aromatic carbocycles. The Hall–Kier alpha value is -1.40. The Balaban J connectivity index is 1.84. The molecule has 19 heavy (non-hydrogen) atoms. The van der Waals surface area contributed by atoms with Crippen molar-refractivity contribution in [3.63, 3.8) is 0 Å². The summed E-state index contributed by atoms with van der Waals surface area (Å²) in [5.41, 5.74) is 1.92. The zero-order valence-electron chi connectivity index (χ0n) is 10.2. The van der Waals surface area contributed by atoms with Crippen LogP contribution in [0.3, 0.4) is 0 Å². The lowest BCUT2D eigenvalue weighted by atomic mass is 10.1. The maximum Gasteiger partial charge on any atom is 0.229 e. The minimum absolute atomic E-state index is 0.148. The van der Waals surface area contributed by atoms with Crippen molar-refractivity contribution in [2.75, 3.05) is 17.2 Å². The topological polar surface area (TPSA) is 46.1 Å². The molecule has 0 aliphatic carbocycles. The van der Waals surface area contributed by atoms with Gasteiger partial charge in [-0.15, -0.1) is 11.3 Å². The Morgan fingerprint density at radius 1 is 1.42 bits per heavy atom. The van der Waals surface area contributed by atoms with Crippen molar-refractivity contribution >= 4 is 35.0 Å². The van der Waals surface area contributed by atoms with E-state index in [0.29, 0.717) is 12.3 Å². The van der Waals surface area contributed by atoms with E-state index in [9.17, 15) is 4.79 Å². The van der Waals surface area contributed by atoms with Gasteiger partial charge in [0.15, 0.2) is 5.13 Å². The Morgan fingerprint density at radius 3 is 2.89 bits per heavy atom. The van der Waals surface area contributed by atoms with Crippen LogP contribution in [0.2, 0.25) is 0 Å². The van der Waals surface area contributed by atoms with Crippen molar-refractivity contribution < 1.29 is 4.79 Å². The van der Waals surface area contributed by atoms with Crippen molar-refractivity contribution in [2.24, 2.45) is 5.92 Å². The van der Waals surface area contributed by atoms with E-state index < -0.39 is 0 Å². The number of nitrogens with zero attached hydrogens (tertiary/aromatic N) is 3. The third kappa shape index (κ3) is 2.50. The van der Waals surface area contributed by atoms with Crippen molar-refractivity contribution in [1.82, 2.24) is 9.97 Å². The highest BCUT2D eigenvalue weighted by Gasteiger charge is 2.31. The summed E-state index contributed by atoms with van der Waals surface area (Å²) in [6.45, 7) is 0.728. The molecule has 0 bridgehead atoms. The van der Waals surface area contributed by atoms with E-state index >= 15 is 0 Å². The van der Waals surface area contributed by atoms with Gasteiger partial charge < -0.3 is 0 Å². The molecule has 1 atom stereocenters. The summed E-state index contributed by atoms with van der Waals surface area (Å²) >= 11 is 5.78. The van der Waals surface area contributed by atoms with Crippen LogP contribution in [-0.4, -0.2) is 28.2 Å². The van der Waals surface area contributed by atoms with Crippen LogP contribution >= 0.6 is 24.0 Å². The van der Waals surface area contributed by atoms with E-state index in [2.05, 4.69) is 22.6 Å². The molecule has 3 heterocycles. The highest BCUT2D eigenvalue weighted by atomic mass is 32.1. The summed E-state index contributed by atoms with van der Waals surface area (Å²) in [5.74, 6) is 1.23. The molecule has 0 spiro atoms. The van der Waals surface area contributed by atoms with E-state index in [4.69, 9.17) is 0 Å². The number of rotatable bonds is 3. The number of carbonyl (C=O) groups excluding carboxylic acids is 1. The van der Waals surface area contributed by atoms with Gasteiger partial charge >= 0.3 is 0 Å². The fraction of sp³-hybridized carbons (Fsp3) is 0.308. The molecule has 0 saturated carbocycles. The normalized spacial score (nSPS) is 19.1. The molecule has 1 aliphatic heterocycles. The third-order valence-electron chi connectivity index (χ3n) is 3.16.